The number of rotatable bonds is 4. The minimum Gasteiger partial charge on any atom is -0.480 e. The van der Waals surface area contributed by atoms with E-state index in [1.54, 1.807) is 11.9 Å². The van der Waals surface area contributed by atoms with E-state index in [9.17, 15) is 9.59 Å². The van der Waals surface area contributed by atoms with E-state index in [2.05, 4.69) is 0 Å². The number of urea groups is 1. The van der Waals surface area contributed by atoms with Crippen LogP contribution in [-0.4, -0.2) is 66.3 Å². The van der Waals surface area contributed by atoms with Gasteiger partial charge in [0, 0.05) is 33.9 Å². The molecule has 2 amide bonds. The van der Waals surface area contributed by atoms with Crippen LogP contribution in [0, 0.1) is 5.92 Å². The molecule has 0 aliphatic carbocycles. The molecule has 1 aliphatic rings. The average molecular weight is 272 g/mol. The van der Waals surface area contributed by atoms with Gasteiger partial charge in [-0.3, -0.25) is 0 Å². The van der Waals surface area contributed by atoms with Crippen molar-refractivity contribution in [3.05, 3.63) is 0 Å². The van der Waals surface area contributed by atoms with Crippen molar-refractivity contribution >= 4 is 12.0 Å². The first-order chi connectivity index (χ1) is 8.76. The van der Waals surface area contributed by atoms with Gasteiger partial charge in [0.2, 0.25) is 0 Å². The van der Waals surface area contributed by atoms with Gasteiger partial charge in [0.1, 0.15) is 5.54 Å². The van der Waals surface area contributed by atoms with Gasteiger partial charge in [0.25, 0.3) is 0 Å². The van der Waals surface area contributed by atoms with Crippen molar-refractivity contribution in [3.8, 4) is 0 Å². The lowest BCUT2D eigenvalue weighted by molar-refractivity contribution is -0.147. The van der Waals surface area contributed by atoms with Gasteiger partial charge in [0.05, 0.1) is 0 Å². The summed E-state index contributed by atoms with van der Waals surface area (Å²) in [5, 5.41) is 9.13. The van der Waals surface area contributed by atoms with E-state index in [0.717, 1.165) is 26.1 Å². The Bertz CT molecular complexity index is 338. The lowest BCUT2D eigenvalue weighted by Gasteiger charge is -2.36. The molecule has 0 bridgehead atoms. The van der Waals surface area contributed by atoms with Crippen molar-refractivity contribution in [2.45, 2.75) is 32.2 Å². The predicted octanol–water partition coefficient (Wildman–Crippen LogP) is 1.26. The fourth-order valence-electron chi connectivity index (χ4n) is 2.03. The van der Waals surface area contributed by atoms with Crippen LogP contribution < -0.4 is 0 Å². The van der Waals surface area contributed by atoms with E-state index in [-0.39, 0.29) is 6.03 Å². The molecule has 1 saturated heterocycles. The number of carbonyl (C=O) groups is 2. The molecule has 110 valence electrons. The van der Waals surface area contributed by atoms with E-state index in [4.69, 9.17) is 9.84 Å². The molecule has 6 heteroatoms. The molecule has 1 N–H and O–H groups in total. The number of likely N-dealkylation sites (N-methyl/N-ethyl adjacent to an activating group) is 1. The number of amides is 2. The van der Waals surface area contributed by atoms with E-state index >= 15 is 0 Å². The zero-order valence-electron chi connectivity index (χ0n) is 12.2. The fraction of sp³-hybridized carbons (Fsp3) is 0.846. The topological polar surface area (TPSA) is 70.1 Å². The summed E-state index contributed by atoms with van der Waals surface area (Å²) in [5.41, 5.74) is -1.21. The van der Waals surface area contributed by atoms with E-state index in [1.807, 2.05) is 0 Å². The fourth-order valence-corrected chi connectivity index (χ4v) is 2.03. The first kappa shape index (κ1) is 15.8. The van der Waals surface area contributed by atoms with Crippen molar-refractivity contribution in [3.63, 3.8) is 0 Å². The number of carboxylic acids is 1. The van der Waals surface area contributed by atoms with Gasteiger partial charge in [-0.15, -0.1) is 0 Å². The van der Waals surface area contributed by atoms with Crippen LogP contribution in [0.25, 0.3) is 0 Å². The molecule has 1 fully saturated rings. The second kappa shape index (κ2) is 6.23. The first-order valence-corrected chi connectivity index (χ1v) is 6.57. The summed E-state index contributed by atoms with van der Waals surface area (Å²) < 4.78 is 5.28. The largest absolute Gasteiger partial charge is 0.480 e. The van der Waals surface area contributed by atoms with Crippen LogP contribution in [0.3, 0.4) is 0 Å². The number of aliphatic carboxylic acids is 1. The van der Waals surface area contributed by atoms with Gasteiger partial charge >= 0.3 is 12.0 Å². The SMILES string of the molecule is CN(CC1CCOCC1)C(=O)N(C)C(C)(C)C(=O)O. The van der Waals surface area contributed by atoms with E-state index in [0.29, 0.717) is 12.5 Å². The third kappa shape index (κ3) is 3.83. The van der Waals surface area contributed by atoms with Crippen LogP contribution >= 0.6 is 0 Å². The Balaban J connectivity index is 2.58. The van der Waals surface area contributed by atoms with Crippen LogP contribution in [-0.2, 0) is 9.53 Å². The van der Waals surface area contributed by atoms with Crippen molar-refractivity contribution in [1.29, 1.82) is 0 Å². The molecule has 1 heterocycles. The maximum atomic E-state index is 12.2. The highest BCUT2D eigenvalue weighted by Gasteiger charge is 2.36. The van der Waals surface area contributed by atoms with E-state index in [1.165, 1.54) is 25.8 Å². The Morgan fingerprint density at radius 3 is 2.26 bits per heavy atom. The average Bonchev–Trinajstić information content (AvgIpc) is 2.37. The molecule has 6 nitrogen and oxygen atoms in total. The molecule has 0 aromatic heterocycles. The summed E-state index contributed by atoms with van der Waals surface area (Å²) >= 11 is 0. The molecule has 0 aromatic rings. The quantitative estimate of drug-likeness (QED) is 0.836. The lowest BCUT2D eigenvalue weighted by atomic mass is 10.00. The number of carboxylic acid groups (broad SMARTS) is 1. The highest BCUT2D eigenvalue weighted by atomic mass is 16.5. The molecule has 0 aromatic carbocycles. The van der Waals surface area contributed by atoms with Gasteiger partial charge in [-0.1, -0.05) is 0 Å². The normalized spacial score (nSPS) is 17.1. The lowest BCUT2D eigenvalue weighted by Crippen LogP contribution is -2.55. The van der Waals surface area contributed by atoms with Crippen molar-refractivity contribution < 1.29 is 19.4 Å². The third-order valence-electron chi connectivity index (χ3n) is 3.85. The number of ether oxygens (including phenoxy) is 1. The number of nitrogens with zero attached hydrogens (tertiary/aromatic N) is 2. The molecule has 1 aliphatic heterocycles. The van der Waals surface area contributed by atoms with Crippen molar-refractivity contribution in [2.75, 3.05) is 33.9 Å². The Morgan fingerprint density at radius 1 is 1.26 bits per heavy atom. The summed E-state index contributed by atoms with van der Waals surface area (Å²) in [7, 11) is 3.24. The molecule has 0 radical (unpaired) electrons. The highest BCUT2D eigenvalue weighted by molar-refractivity contribution is 5.85. The van der Waals surface area contributed by atoms with Gasteiger partial charge in [-0.25, -0.2) is 9.59 Å². The maximum absolute atomic E-state index is 12.2. The standard InChI is InChI=1S/C13H24N2O4/c1-13(2,11(16)17)15(4)12(18)14(3)9-10-5-7-19-8-6-10/h10H,5-9H2,1-4H3,(H,16,17). The molecule has 19 heavy (non-hydrogen) atoms. The molecular formula is C13H24N2O4. The van der Waals surface area contributed by atoms with E-state index < -0.39 is 11.5 Å². The Morgan fingerprint density at radius 2 is 1.79 bits per heavy atom. The van der Waals surface area contributed by atoms with Crippen LogP contribution in [0.2, 0.25) is 0 Å². The summed E-state index contributed by atoms with van der Waals surface area (Å²) in [6.07, 6.45) is 1.90. The molecular weight excluding hydrogens is 248 g/mol. The Labute approximate surface area is 114 Å². The van der Waals surface area contributed by atoms with Crippen molar-refractivity contribution in [1.82, 2.24) is 9.80 Å². The number of carbonyl (C=O) groups excluding carboxylic acids is 1. The second-order valence-corrected chi connectivity index (χ2v) is 5.64. The summed E-state index contributed by atoms with van der Waals surface area (Å²) in [6.45, 7) is 5.17. The number of hydrogen-bond acceptors (Lipinski definition) is 3. The summed E-state index contributed by atoms with van der Waals surface area (Å²) in [5.74, 6) is -0.577. The minimum atomic E-state index is -1.21. The Hall–Kier alpha value is -1.30. The molecule has 0 saturated carbocycles. The van der Waals surface area contributed by atoms with Gasteiger partial charge in [-0.2, -0.15) is 0 Å². The van der Waals surface area contributed by atoms with Crippen LogP contribution in [0.5, 0.6) is 0 Å². The predicted molar refractivity (Wildman–Crippen MR) is 71.0 cm³/mol. The van der Waals surface area contributed by atoms with Gasteiger partial charge < -0.3 is 19.6 Å². The highest BCUT2D eigenvalue weighted by Crippen LogP contribution is 2.18. The molecule has 0 unspecified atom stereocenters. The third-order valence-corrected chi connectivity index (χ3v) is 3.85. The monoisotopic (exact) mass is 272 g/mol. The first-order valence-electron chi connectivity index (χ1n) is 6.57. The maximum Gasteiger partial charge on any atom is 0.329 e. The minimum absolute atomic E-state index is 0.265. The summed E-state index contributed by atoms with van der Waals surface area (Å²) in [6, 6.07) is -0.265. The molecule has 1 rings (SSSR count). The van der Waals surface area contributed by atoms with Gasteiger partial charge in [0.15, 0.2) is 0 Å². The molecule has 0 atom stereocenters. The van der Waals surface area contributed by atoms with Crippen LogP contribution in [0.15, 0.2) is 0 Å². The van der Waals surface area contributed by atoms with Crippen LogP contribution in [0.4, 0.5) is 4.79 Å². The van der Waals surface area contributed by atoms with Crippen LogP contribution in [0.1, 0.15) is 26.7 Å². The van der Waals surface area contributed by atoms with Gasteiger partial charge in [-0.05, 0) is 32.6 Å². The zero-order chi connectivity index (χ0) is 14.6. The van der Waals surface area contributed by atoms with Crippen molar-refractivity contribution in [2.24, 2.45) is 5.92 Å². The Kier molecular flexibility index (Phi) is 5.17. The summed E-state index contributed by atoms with van der Waals surface area (Å²) in [4.78, 5) is 26.2. The smallest absolute Gasteiger partial charge is 0.329 e. The number of hydrogen-bond donors (Lipinski definition) is 1. The second-order valence-electron chi connectivity index (χ2n) is 5.64. The zero-order valence-corrected chi connectivity index (χ0v) is 12.2. The molecule has 0 spiro atoms.